The van der Waals surface area contributed by atoms with Gasteiger partial charge in [-0.25, -0.2) is 4.79 Å². The van der Waals surface area contributed by atoms with E-state index >= 15 is 0 Å². The van der Waals surface area contributed by atoms with Crippen LogP contribution in [0.25, 0.3) is 0 Å². The molecule has 0 amide bonds. The van der Waals surface area contributed by atoms with E-state index in [1.807, 2.05) is 32.3 Å². The Morgan fingerprint density at radius 3 is 2.48 bits per heavy atom. The largest absolute Gasteiger partial charge is 0.464 e. The van der Waals surface area contributed by atoms with Gasteiger partial charge in [0.15, 0.2) is 5.78 Å². The van der Waals surface area contributed by atoms with E-state index in [4.69, 9.17) is 4.74 Å². The van der Waals surface area contributed by atoms with E-state index < -0.39 is 0 Å². The summed E-state index contributed by atoms with van der Waals surface area (Å²) in [5.41, 5.74) is 2.69. The number of esters is 1. The summed E-state index contributed by atoms with van der Waals surface area (Å²) < 4.78 is 6.72. The number of hydrogen-bond donors (Lipinski definition) is 1. The number of hydrogen-bond acceptors (Lipinski definition) is 4. The van der Waals surface area contributed by atoms with Gasteiger partial charge in [0, 0.05) is 23.8 Å². The quantitative estimate of drug-likeness (QED) is 0.645. The van der Waals surface area contributed by atoms with Gasteiger partial charge < -0.3 is 14.6 Å². The molecule has 0 saturated heterocycles. The molecule has 0 aliphatic heterocycles. The highest BCUT2D eigenvalue weighted by molar-refractivity contribution is 6.05. The van der Waals surface area contributed by atoms with Crippen LogP contribution in [0.1, 0.15) is 58.8 Å². The molecule has 0 bridgehead atoms. The molecule has 5 heteroatoms. The van der Waals surface area contributed by atoms with Crippen molar-refractivity contribution in [1.29, 1.82) is 0 Å². The van der Waals surface area contributed by atoms with Crippen LogP contribution in [0, 0.1) is 13.8 Å². The highest BCUT2D eigenvalue weighted by atomic mass is 16.5. The van der Waals surface area contributed by atoms with Crippen molar-refractivity contribution in [2.45, 2.75) is 59.2 Å². The van der Waals surface area contributed by atoms with Crippen LogP contribution in [0.2, 0.25) is 0 Å². The van der Waals surface area contributed by atoms with E-state index in [0.29, 0.717) is 23.8 Å². The van der Waals surface area contributed by atoms with Gasteiger partial charge in [-0.1, -0.05) is 0 Å². The maximum Gasteiger partial charge on any atom is 0.354 e. The molecule has 0 spiro atoms. The second kappa shape index (κ2) is 6.02. The van der Waals surface area contributed by atoms with Crippen molar-refractivity contribution in [2.24, 2.45) is 0 Å². The summed E-state index contributed by atoms with van der Waals surface area (Å²) in [5.74, 6) is -0.339. The lowest BCUT2D eigenvalue weighted by Gasteiger charge is -2.13. The van der Waals surface area contributed by atoms with E-state index in [9.17, 15) is 9.59 Å². The van der Waals surface area contributed by atoms with Crippen LogP contribution in [-0.2, 0) is 11.3 Å². The van der Waals surface area contributed by atoms with E-state index in [0.717, 1.165) is 24.1 Å². The molecule has 1 aliphatic rings. The first-order valence-corrected chi connectivity index (χ1v) is 7.50. The number of Topliss-reactive ketones (excluding diaryl/α,β-unsaturated/α-hetero) is 1. The zero-order chi connectivity index (χ0) is 15.7. The molecule has 2 rings (SSSR count). The van der Waals surface area contributed by atoms with E-state index in [2.05, 4.69) is 5.32 Å². The van der Waals surface area contributed by atoms with Crippen molar-refractivity contribution >= 4 is 11.8 Å². The highest BCUT2D eigenvalue weighted by Gasteiger charge is 2.31. The van der Waals surface area contributed by atoms with E-state index in [1.54, 1.807) is 0 Å². The first-order valence-electron chi connectivity index (χ1n) is 7.50. The fourth-order valence-electron chi connectivity index (χ4n) is 2.91. The van der Waals surface area contributed by atoms with Crippen LogP contribution in [0.5, 0.6) is 0 Å². The predicted octanol–water partition coefficient (Wildman–Crippen LogP) is 2.23. The van der Waals surface area contributed by atoms with E-state index in [-0.39, 0.29) is 17.8 Å². The van der Waals surface area contributed by atoms with Crippen molar-refractivity contribution in [2.75, 3.05) is 7.11 Å². The Hall–Kier alpha value is -1.62. The number of ketones is 1. The van der Waals surface area contributed by atoms with Gasteiger partial charge in [-0.15, -0.1) is 0 Å². The van der Waals surface area contributed by atoms with Crippen LogP contribution < -0.4 is 5.32 Å². The van der Waals surface area contributed by atoms with Crippen LogP contribution in [0.3, 0.4) is 0 Å². The molecule has 21 heavy (non-hydrogen) atoms. The van der Waals surface area contributed by atoms with Crippen molar-refractivity contribution < 1.29 is 14.3 Å². The lowest BCUT2D eigenvalue weighted by atomic mass is 10.0. The Labute approximate surface area is 125 Å². The number of rotatable bonds is 6. The average Bonchev–Trinajstić information content (AvgIpc) is 3.22. The molecule has 1 aromatic heterocycles. The Morgan fingerprint density at radius 1 is 1.38 bits per heavy atom. The maximum absolute atomic E-state index is 12.7. The predicted molar refractivity (Wildman–Crippen MR) is 80.9 cm³/mol. The second-order valence-electron chi connectivity index (χ2n) is 5.70. The van der Waals surface area contributed by atoms with Crippen LogP contribution in [-0.4, -0.2) is 35.5 Å². The molecule has 1 atom stereocenters. The fraction of sp³-hybridized carbons (Fsp3) is 0.625. The molecule has 0 aromatic carbocycles. The summed E-state index contributed by atoms with van der Waals surface area (Å²) in [4.78, 5) is 24.7. The van der Waals surface area contributed by atoms with Crippen LogP contribution >= 0.6 is 0 Å². The molecule has 5 nitrogen and oxygen atoms in total. The standard InChI is InChI=1S/C16H24N2O3/c1-6-18-11(4)13(9(2)14(18)16(20)21-5)15(19)10(3)17-12-7-8-12/h10,12,17H,6-8H2,1-5H3. The third kappa shape index (κ3) is 2.88. The van der Waals surface area contributed by atoms with Crippen molar-refractivity contribution in [3.8, 4) is 0 Å². The van der Waals surface area contributed by atoms with Gasteiger partial charge in [-0.05, 0) is 46.1 Å². The third-order valence-corrected chi connectivity index (χ3v) is 4.16. The molecule has 1 fully saturated rings. The van der Waals surface area contributed by atoms with Crippen molar-refractivity contribution in [3.05, 3.63) is 22.5 Å². The van der Waals surface area contributed by atoms with Gasteiger partial charge in [0.25, 0.3) is 0 Å². The Bertz CT molecular complexity index is 571. The van der Waals surface area contributed by atoms with Crippen LogP contribution in [0.15, 0.2) is 0 Å². The monoisotopic (exact) mass is 292 g/mol. The summed E-state index contributed by atoms with van der Waals surface area (Å²) in [6.45, 7) is 8.19. The van der Waals surface area contributed by atoms with Crippen molar-refractivity contribution in [1.82, 2.24) is 9.88 Å². The van der Waals surface area contributed by atoms with Crippen molar-refractivity contribution in [3.63, 3.8) is 0 Å². The number of nitrogens with zero attached hydrogens (tertiary/aromatic N) is 1. The SMILES string of the molecule is CCn1c(C)c(C(=O)C(C)NC2CC2)c(C)c1C(=O)OC. The highest BCUT2D eigenvalue weighted by Crippen LogP contribution is 2.26. The lowest BCUT2D eigenvalue weighted by Crippen LogP contribution is -2.36. The molecular formula is C16H24N2O3. The first kappa shape index (κ1) is 15.8. The van der Waals surface area contributed by atoms with Gasteiger partial charge in [-0.2, -0.15) is 0 Å². The van der Waals surface area contributed by atoms with Gasteiger partial charge in [0.05, 0.1) is 13.2 Å². The van der Waals surface area contributed by atoms with Gasteiger partial charge in [0.2, 0.25) is 0 Å². The number of ether oxygens (including phenoxy) is 1. The van der Waals surface area contributed by atoms with Crippen LogP contribution in [0.4, 0.5) is 0 Å². The number of carbonyl (C=O) groups excluding carboxylic acids is 2. The molecular weight excluding hydrogens is 268 g/mol. The average molecular weight is 292 g/mol. The normalized spacial score (nSPS) is 15.9. The molecule has 1 aliphatic carbocycles. The molecule has 1 aromatic rings. The minimum Gasteiger partial charge on any atom is -0.464 e. The Kier molecular flexibility index (Phi) is 4.52. The molecule has 1 unspecified atom stereocenters. The minimum atomic E-state index is -0.390. The summed E-state index contributed by atoms with van der Waals surface area (Å²) >= 11 is 0. The van der Waals surface area contributed by atoms with Gasteiger partial charge >= 0.3 is 5.97 Å². The third-order valence-electron chi connectivity index (χ3n) is 4.16. The summed E-state index contributed by atoms with van der Waals surface area (Å²) in [5, 5.41) is 3.32. The summed E-state index contributed by atoms with van der Waals surface area (Å²) in [7, 11) is 1.36. The number of carbonyl (C=O) groups is 2. The smallest absolute Gasteiger partial charge is 0.354 e. The maximum atomic E-state index is 12.7. The fourth-order valence-corrected chi connectivity index (χ4v) is 2.91. The van der Waals surface area contributed by atoms with Gasteiger partial charge in [0.1, 0.15) is 5.69 Å². The number of methoxy groups -OCH3 is 1. The second-order valence-corrected chi connectivity index (χ2v) is 5.70. The Balaban J connectivity index is 2.40. The van der Waals surface area contributed by atoms with E-state index in [1.165, 1.54) is 7.11 Å². The topological polar surface area (TPSA) is 60.3 Å². The molecule has 1 saturated carbocycles. The van der Waals surface area contributed by atoms with Gasteiger partial charge in [-0.3, -0.25) is 4.79 Å². The summed E-state index contributed by atoms with van der Waals surface area (Å²) in [6.07, 6.45) is 2.28. The molecule has 116 valence electrons. The molecule has 0 radical (unpaired) electrons. The summed E-state index contributed by atoms with van der Waals surface area (Å²) in [6, 6.07) is 0.242. The Morgan fingerprint density at radius 2 is 2.00 bits per heavy atom. The molecule has 1 N–H and O–H groups in total. The first-order chi connectivity index (χ1) is 9.92. The minimum absolute atomic E-state index is 0.0502. The zero-order valence-corrected chi connectivity index (χ0v) is 13.4. The zero-order valence-electron chi connectivity index (χ0n) is 13.4. The lowest BCUT2D eigenvalue weighted by molar-refractivity contribution is 0.0587. The number of aromatic nitrogens is 1. The molecule has 1 heterocycles. The number of nitrogens with one attached hydrogen (secondary N) is 1.